The maximum Gasteiger partial charge on any atom is 0.318 e. The van der Waals surface area contributed by atoms with Gasteiger partial charge in [0.1, 0.15) is 0 Å². The van der Waals surface area contributed by atoms with E-state index in [2.05, 4.69) is 20.0 Å². The van der Waals surface area contributed by atoms with Gasteiger partial charge in [-0.25, -0.2) is 15.0 Å². The minimum absolute atomic E-state index is 0.313. The van der Waals surface area contributed by atoms with Crippen molar-refractivity contribution in [3.8, 4) is 0 Å². The highest BCUT2D eigenvalue weighted by atomic mass is 16.2. The number of ketones is 1. The van der Waals surface area contributed by atoms with Crippen molar-refractivity contribution >= 4 is 35.0 Å². The van der Waals surface area contributed by atoms with Crippen molar-refractivity contribution < 1.29 is 9.59 Å². The Labute approximate surface area is 155 Å². The van der Waals surface area contributed by atoms with Crippen molar-refractivity contribution in [3.63, 3.8) is 0 Å². The summed E-state index contributed by atoms with van der Waals surface area (Å²) in [5, 5.41) is 0. The molecule has 130 valence electrons. The molecule has 4 aliphatic rings. The van der Waals surface area contributed by atoms with Gasteiger partial charge < -0.3 is 0 Å². The number of nitrogens with zero attached hydrogens (tertiary/aromatic N) is 4. The Morgan fingerprint density at radius 1 is 0.778 bits per heavy atom. The summed E-state index contributed by atoms with van der Waals surface area (Å²) in [6.07, 6.45) is 20.0. The van der Waals surface area contributed by atoms with Crippen molar-refractivity contribution in [1.29, 1.82) is 0 Å². The van der Waals surface area contributed by atoms with Gasteiger partial charge in [-0.05, 0) is 61.6 Å². The SMILES string of the molecule is CC=C1C(=O)C(=O)N=C1/C=C1\C=CC(C=C2C=CC(C=C3C=CC=N3)=N2)=N1. The highest BCUT2D eigenvalue weighted by Crippen LogP contribution is 2.19. The molecular formula is C21H14N4O2. The number of rotatable bonds is 3. The maximum absolute atomic E-state index is 11.7. The van der Waals surface area contributed by atoms with E-state index in [4.69, 9.17) is 0 Å². The van der Waals surface area contributed by atoms with Crippen LogP contribution in [-0.2, 0) is 9.59 Å². The number of hydrogen-bond acceptors (Lipinski definition) is 5. The lowest BCUT2D eigenvalue weighted by atomic mass is 10.1. The fourth-order valence-electron chi connectivity index (χ4n) is 2.79. The second kappa shape index (κ2) is 6.84. The van der Waals surface area contributed by atoms with Crippen molar-refractivity contribution in [2.45, 2.75) is 6.92 Å². The number of amides is 1. The van der Waals surface area contributed by atoms with E-state index in [0.717, 1.165) is 22.8 Å². The third-order valence-corrected chi connectivity index (χ3v) is 4.04. The number of aliphatic imine (C=N–C) groups is 4. The summed E-state index contributed by atoms with van der Waals surface area (Å²) in [4.78, 5) is 40.1. The number of hydrogen-bond donors (Lipinski definition) is 0. The van der Waals surface area contributed by atoms with Crippen molar-refractivity contribution in [1.82, 2.24) is 0 Å². The summed E-state index contributed by atoms with van der Waals surface area (Å²) >= 11 is 0. The molecule has 0 bridgehead atoms. The number of carbonyl (C=O) groups excluding carboxylic acids is 2. The van der Waals surface area contributed by atoms with E-state index < -0.39 is 11.7 Å². The molecule has 0 spiro atoms. The van der Waals surface area contributed by atoms with Crippen LogP contribution in [0.15, 0.2) is 103 Å². The molecule has 0 atom stereocenters. The molecule has 0 fully saturated rings. The first-order valence-electron chi connectivity index (χ1n) is 8.36. The van der Waals surface area contributed by atoms with Gasteiger partial charge in [0, 0.05) is 11.8 Å². The highest BCUT2D eigenvalue weighted by Gasteiger charge is 2.28. The number of carbonyl (C=O) groups is 2. The first-order valence-corrected chi connectivity index (χ1v) is 8.36. The first kappa shape index (κ1) is 16.7. The molecule has 4 rings (SSSR count). The van der Waals surface area contributed by atoms with Gasteiger partial charge in [0.05, 0.1) is 34.2 Å². The van der Waals surface area contributed by atoms with Gasteiger partial charge in [0.2, 0.25) is 0 Å². The molecule has 0 aromatic heterocycles. The quantitative estimate of drug-likeness (QED) is 0.577. The first-order chi connectivity index (χ1) is 13.1. The van der Waals surface area contributed by atoms with Crippen LogP contribution in [0.2, 0.25) is 0 Å². The van der Waals surface area contributed by atoms with E-state index >= 15 is 0 Å². The third kappa shape index (κ3) is 3.46. The molecule has 0 N–H and O–H groups in total. The van der Waals surface area contributed by atoms with Gasteiger partial charge in [-0.1, -0.05) is 6.08 Å². The zero-order chi connectivity index (χ0) is 18.8. The van der Waals surface area contributed by atoms with Gasteiger partial charge >= 0.3 is 5.91 Å². The molecular weight excluding hydrogens is 340 g/mol. The fourth-order valence-corrected chi connectivity index (χ4v) is 2.79. The van der Waals surface area contributed by atoms with Crippen LogP contribution in [-0.4, -0.2) is 35.0 Å². The Hall–Kier alpha value is -3.80. The topological polar surface area (TPSA) is 83.6 Å². The number of allylic oxidation sites excluding steroid dienone is 10. The van der Waals surface area contributed by atoms with Crippen molar-refractivity contribution in [3.05, 3.63) is 83.4 Å². The van der Waals surface area contributed by atoms with Crippen LogP contribution in [0.1, 0.15) is 6.92 Å². The van der Waals surface area contributed by atoms with E-state index in [1.165, 1.54) is 0 Å². The summed E-state index contributed by atoms with van der Waals surface area (Å²) in [5.41, 5.74) is 4.50. The molecule has 0 unspecified atom stereocenters. The molecule has 0 saturated heterocycles. The van der Waals surface area contributed by atoms with Crippen LogP contribution in [0, 0.1) is 0 Å². The Kier molecular flexibility index (Phi) is 4.22. The average molecular weight is 354 g/mol. The molecule has 0 aliphatic carbocycles. The molecule has 0 aromatic rings. The predicted octanol–water partition coefficient (Wildman–Crippen LogP) is 2.80. The van der Waals surface area contributed by atoms with Gasteiger partial charge in [0.25, 0.3) is 5.78 Å². The molecule has 4 heterocycles. The predicted molar refractivity (Wildman–Crippen MR) is 106 cm³/mol. The van der Waals surface area contributed by atoms with E-state index in [-0.39, 0.29) is 0 Å². The second-order valence-corrected chi connectivity index (χ2v) is 5.92. The van der Waals surface area contributed by atoms with E-state index in [1.54, 1.807) is 31.4 Å². The van der Waals surface area contributed by atoms with Crippen LogP contribution in [0.5, 0.6) is 0 Å². The molecule has 6 heteroatoms. The number of Topliss-reactive ketones (excluding diaryl/α,β-unsaturated/α-hetero) is 1. The van der Waals surface area contributed by atoms with Crippen LogP contribution in [0.25, 0.3) is 0 Å². The molecule has 0 saturated carbocycles. The highest BCUT2D eigenvalue weighted by molar-refractivity contribution is 6.57. The standard InChI is InChI=1S/C21H14N4O2/c1-2-18-19(25-21(27)20(18)26)12-17-8-7-16(24-17)11-15-6-5-14(23-15)10-13-4-3-9-22-13/h2-12H,1H3/b13-10?,15-11?,17-12+,18-2?. The zero-order valence-corrected chi connectivity index (χ0v) is 14.5. The Morgan fingerprint density at radius 2 is 1.44 bits per heavy atom. The monoisotopic (exact) mass is 354 g/mol. The smallest absolute Gasteiger partial charge is 0.283 e. The lowest BCUT2D eigenvalue weighted by molar-refractivity contribution is -0.132. The maximum atomic E-state index is 11.7. The Balaban J connectivity index is 1.53. The normalized spacial score (nSPS) is 26.5. The van der Waals surface area contributed by atoms with Crippen LogP contribution in [0.4, 0.5) is 0 Å². The van der Waals surface area contributed by atoms with Crippen molar-refractivity contribution in [2.75, 3.05) is 0 Å². The Bertz CT molecular complexity index is 1080. The zero-order valence-electron chi connectivity index (χ0n) is 14.5. The lowest BCUT2D eigenvalue weighted by Crippen LogP contribution is -2.08. The molecule has 6 nitrogen and oxygen atoms in total. The summed E-state index contributed by atoms with van der Waals surface area (Å²) < 4.78 is 0. The molecule has 0 aromatic carbocycles. The van der Waals surface area contributed by atoms with Crippen molar-refractivity contribution in [2.24, 2.45) is 20.0 Å². The third-order valence-electron chi connectivity index (χ3n) is 4.04. The minimum atomic E-state index is -0.739. The Morgan fingerprint density at radius 3 is 2.07 bits per heavy atom. The van der Waals surface area contributed by atoms with E-state index in [9.17, 15) is 9.59 Å². The average Bonchev–Trinajstić information content (AvgIpc) is 3.42. The van der Waals surface area contributed by atoms with Crippen LogP contribution >= 0.6 is 0 Å². The van der Waals surface area contributed by atoms with Gasteiger partial charge in [0.15, 0.2) is 0 Å². The summed E-state index contributed by atoms with van der Waals surface area (Å²) in [6, 6.07) is 0. The molecule has 4 aliphatic heterocycles. The van der Waals surface area contributed by atoms with Crippen LogP contribution < -0.4 is 0 Å². The summed E-state index contributed by atoms with van der Waals surface area (Å²) in [5.74, 6) is -1.32. The van der Waals surface area contributed by atoms with E-state index in [1.807, 2.05) is 42.5 Å². The molecule has 0 radical (unpaired) electrons. The lowest BCUT2D eigenvalue weighted by Gasteiger charge is -1.95. The van der Waals surface area contributed by atoms with E-state index in [0.29, 0.717) is 17.0 Å². The van der Waals surface area contributed by atoms with Gasteiger partial charge in [-0.3, -0.25) is 14.6 Å². The molecule has 1 amide bonds. The van der Waals surface area contributed by atoms with Gasteiger partial charge in [-0.15, -0.1) is 0 Å². The fraction of sp³-hybridized carbons (Fsp3) is 0.0476. The largest absolute Gasteiger partial charge is 0.318 e. The molecule has 27 heavy (non-hydrogen) atoms. The summed E-state index contributed by atoms with van der Waals surface area (Å²) in [6.45, 7) is 1.70. The van der Waals surface area contributed by atoms with Gasteiger partial charge in [-0.2, -0.15) is 0 Å². The summed E-state index contributed by atoms with van der Waals surface area (Å²) in [7, 11) is 0. The van der Waals surface area contributed by atoms with Crippen LogP contribution in [0.3, 0.4) is 0 Å². The minimum Gasteiger partial charge on any atom is -0.283 e. The second-order valence-electron chi connectivity index (χ2n) is 5.92.